The van der Waals surface area contributed by atoms with Crippen molar-refractivity contribution in [2.75, 3.05) is 36.5 Å². The third-order valence-corrected chi connectivity index (χ3v) is 8.27. The number of sulfonamides is 1. The lowest BCUT2D eigenvalue weighted by atomic mass is 10.1. The van der Waals surface area contributed by atoms with Gasteiger partial charge >= 0.3 is 0 Å². The summed E-state index contributed by atoms with van der Waals surface area (Å²) in [6, 6.07) is 12.1. The van der Waals surface area contributed by atoms with E-state index in [1.54, 1.807) is 23.1 Å². The van der Waals surface area contributed by atoms with E-state index in [1.807, 2.05) is 32.0 Å². The van der Waals surface area contributed by atoms with Crippen LogP contribution in [0.2, 0.25) is 0 Å². The molecule has 0 aromatic heterocycles. The van der Waals surface area contributed by atoms with Crippen molar-refractivity contribution < 1.29 is 22.7 Å². The second-order valence-electron chi connectivity index (χ2n) is 8.74. The van der Waals surface area contributed by atoms with Crippen molar-refractivity contribution in [3.63, 3.8) is 0 Å². The lowest BCUT2D eigenvalue weighted by Gasteiger charge is -2.26. The number of nitrogens with one attached hydrogen (secondary N) is 1. The average Bonchev–Trinajstić information content (AvgIpc) is 3.23. The van der Waals surface area contributed by atoms with Gasteiger partial charge in [0.1, 0.15) is 5.75 Å². The Morgan fingerprint density at radius 3 is 2.59 bits per heavy atom. The molecule has 4 rings (SSSR count). The van der Waals surface area contributed by atoms with Crippen LogP contribution in [0.5, 0.6) is 5.75 Å². The molecule has 2 aromatic carbocycles. The zero-order chi connectivity index (χ0) is 24.3. The number of ether oxygens (including phenoxy) is 1. The van der Waals surface area contributed by atoms with Crippen LogP contribution in [-0.4, -0.2) is 50.8 Å². The van der Waals surface area contributed by atoms with E-state index in [1.165, 1.54) is 10.4 Å². The van der Waals surface area contributed by atoms with Crippen LogP contribution in [0.25, 0.3) is 0 Å². The molecule has 0 bridgehead atoms. The average molecular weight is 486 g/mol. The van der Waals surface area contributed by atoms with Crippen LogP contribution in [0.15, 0.2) is 47.4 Å². The molecule has 182 valence electrons. The van der Waals surface area contributed by atoms with Crippen LogP contribution in [0.3, 0.4) is 0 Å². The van der Waals surface area contributed by atoms with Crippen molar-refractivity contribution in [1.82, 2.24) is 4.31 Å². The fraction of sp³-hybridized carbons (Fsp3) is 0.440. The van der Waals surface area contributed by atoms with Crippen molar-refractivity contribution in [3.8, 4) is 5.75 Å². The lowest BCUT2D eigenvalue weighted by molar-refractivity contribution is -0.122. The molecule has 0 saturated carbocycles. The van der Waals surface area contributed by atoms with Crippen LogP contribution < -0.4 is 15.0 Å². The maximum absolute atomic E-state index is 13.1. The predicted molar refractivity (Wildman–Crippen MR) is 130 cm³/mol. The zero-order valence-corrected chi connectivity index (χ0v) is 20.4. The molecule has 2 aromatic rings. The molecule has 0 radical (unpaired) electrons. The monoisotopic (exact) mass is 485 g/mol. The summed E-state index contributed by atoms with van der Waals surface area (Å²) in [5.41, 5.74) is 1.85. The number of nitrogens with zero attached hydrogens (tertiary/aromatic N) is 2. The number of carbonyl (C=O) groups is 2. The maximum atomic E-state index is 13.1. The summed E-state index contributed by atoms with van der Waals surface area (Å²) in [6.07, 6.45) is 2.82. The summed E-state index contributed by atoms with van der Waals surface area (Å²) in [5.74, 6) is -0.402. The van der Waals surface area contributed by atoms with E-state index in [-0.39, 0.29) is 29.7 Å². The molecular formula is C25H31N3O5S. The first-order chi connectivity index (χ1) is 16.3. The Kier molecular flexibility index (Phi) is 7.23. The number of hydrogen-bond donors (Lipinski definition) is 1. The Morgan fingerprint density at radius 2 is 1.85 bits per heavy atom. The number of rotatable bonds is 7. The molecule has 2 saturated heterocycles. The molecule has 0 spiro atoms. The fourth-order valence-corrected chi connectivity index (χ4v) is 6.00. The summed E-state index contributed by atoms with van der Waals surface area (Å²) in [4.78, 5) is 27.6. The van der Waals surface area contributed by atoms with Crippen molar-refractivity contribution in [3.05, 3.63) is 48.0 Å². The first-order valence-electron chi connectivity index (χ1n) is 11.7. The first kappa shape index (κ1) is 24.2. The minimum absolute atomic E-state index is 0.0805. The third-order valence-electron chi connectivity index (χ3n) is 6.37. The Hall–Kier alpha value is -2.91. The number of carbonyl (C=O) groups excluding carboxylic acids is 2. The van der Waals surface area contributed by atoms with Gasteiger partial charge in [0.05, 0.1) is 23.1 Å². The quantitative estimate of drug-likeness (QED) is 0.647. The molecule has 0 aliphatic carbocycles. The highest BCUT2D eigenvalue weighted by Gasteiger charge is 2.36. The maximum Gasteiger partial charge on any atom is 0.243 e. The highest BCUT2D eigenvalue weighted by molar-refractivity contribution is 7.89. The van der Waals surface area contributed by atoms with Gasteiger partial charge in [0, 0.05) is 31.7 Å². The van der Waals surface area contributed by atoms with Gasteiger partial charge in [0.25, 0.3) is 0 Å². The highest BCUT2D eigenvalue weighted by atomic mass is 32.2. The highest BCUT2D eigenvalue weighted by Crippen LogP contribution is 2.34. The number of para-hydroxylation sites is 2. The molecule has 34 heavy (non-hydrogen) atoms. The molecule has 2 aliphatic heterocycles. The van der Waals surface area contributed by atoms with E-state index >= 15 is 0 Å². The van der Waals surface area contributed by atoms with Crippen molar-refractivity contribution in [1.29, 1.82) is 0 Å². The van der Waals surface area contributed by atoms with Gasteiger partial charge in [-0.15, -0.1) is 0 Å². The number of amides is 2. The molecule has 2 aliphatic rings. The van der Waals surface area contributed by atoms with E-state index in [2.05, 4.69) is 5.32 Å². The van der Waals surface area contributed by atoms with Crippen LogP contribution in [0, 0.1) is 12.8 Å². The molecular weight excluding hydrogens is 454 g/mol. The van der Waals surface area contributed by atoms with Gasteiger partial charge in [0.15, 0.2) is 0 Å². The molecule has 2 fully saturated rings. The van der Waals surface area contributed by atoms with Crippen molar-refractivity contribution >= 4 is 33.2 Å². The Morgan fingerprint density at radius 1 is 1.12 bits per heavy atom. The molecule has 8 nitrogen and oxygen atoms in total. The molecule has 9 heteroatoms. The first-order valence-corrected chi connectivity index (χ1v) is 13.2. The van der Waals surface area contributed by atoms with E-state index in [0.717, 1.165) is 24.8 Å². The van der Waals surface area contributed by atoms with Crippen molar-refractivity contribution in [2.24, 2.45) is 5.92 Å². The Bertz CT molecular complexity index is 1170. The minimum Gasteiger partial charge on any atom is -0.492 e. The van der Waals surface area contributed by atoms with Gasteiger partial charge in [-0.1, -0.05) is 24.6 Å². The second-order valence-corrected chi connectivity index (χ2v) is 10.7. The van der Waals surface area contributed by atoms with Gasteiger partial charge in [-0.25, -0.2) is 8.42 Å². The number of piperidine rings is 1. The van der Waals surface area contributed by atoms with E-state index in [0.29, 0.717) is 36.8 Å². The summed E-state index contributed by atoms with van der Waals surface area (Å²) < 4.78 is 33.3. The lowest BCUT2D eigenvalue weighted by Crippen LogP contribution is -2.35. The van der Waals surface area contributed by atoms with E-state index in [9.17, 15) is 18.0 Å². The molecule has 1 N–H and O–H groups in total. The van der Waals surface area contributed by atoms with Gasteiger partial charge < -0.3 is 15.0 Å². The number of aryl methyl sites for hydroxylation is 1. The molecule has 2 heterocycles. The Labute approximate surface area is 200 Å². The summed E-state index contributed by atoms with van der Waals surface area (Å²) in [7, 11) is -3.61. The number of benzene rings is 2. The van der Waals surface area contributed by atoms with Crippen LogP contribution >= 0.6 is 0 Å². The molecule has 1 atom stereocenters. The zero-order valence-electron chi connectivity index (χ0n) is 19.6. The van der Waals surface area contributed by atoms with Gasteiger partial charge in [-0.05, 0) is 56.5 Å². The largest absolute Gasteiger partial charge is 0.492 e. The molecule has 2 amide bonds. The topological polar surface area (TPSA) is 96.0 Å². The normalized spacial score (nSPS) is 19.3. The van der Waals surface area contributed by atoms with E-state index < -0.39 is 15.9 Å². The van der Waals surface area contributed by atoms with Gasteiger partial charge in [-0.2, -0.15) is 4.31 Å². The summed E-state index contributed by atoms with van der Waals surface area (Å²) in [6.45, 7) is 5.43. The summed E-state index contributed by atoms with van der Waals surface area (Å²) in [5, 5.41) is 2.87. The van der Waals surface area contributed by atoms with Crippen LogP contribution in [0.1, 0.15) is 38.2 Å². The number of hydrogen-bond acceptors (Lipinski definition) is 5. The SMILES string of the molecule is CCOc1ccccc1N1CC(C(=O)Nc2cc(S(=O)(=O)N3CCCCC3)ccc2C)CC1=O. The van der Waals surface area contributed by atoms with Crippen molar-refractivity contribution in [2.45, 2.75) is 44.4 Å². The minimum atomic E-state index is -3.61. The van der Waals surface area contributed by atoms with E-state index in [4.69, 9.17) is 4.74 Å². The smallest absolute Gasteiger partial charge is 0.243 e. The fourth-order valence-electron chi connectivity index (χ4n) is 4.46. The Balaban J connectivity index is 1.50. The summed E-state index contributed by atoms with van der Waals surface area (Å²) >= 11 is 0. The van der Waals surface area contributed by atoms with Gasteiger partial charge in [0.2, 0.25) is 21.8 Å². The predicted octanol–water partition coefficient (Wildman–Crippen LogP) is 3.56. The second kappa shape index (κ2) is 10.1. The number of anilines is 2. The van der Waals surface area contributed by atoms with Gasteiger partial charge in [-0.3, -0.25) is 9.59 Å². The third kappa shape index (κ3) is 4.95. The van der Waals surface area contributed by atoms with Crippen LogP contribution in [0.4, 0.5) is 11.4 Å². The van der Waals surface area contributed by atoms with Crippen LogP contribution in [-0.2, 0) is 19.6 Å². The molecule has 1 unspecified atom stereocenters. The standard InChI is InChI=1S/C25H31N3O5S/c1-3-33-23-10-6-5-9-22(23)28-17-19(15-24(28)29)25(30)26-21-16-20(12-11-18(21)2)34(31,32)27-13-7-4-8-14-27/h5-6,9-12,16,19H,3-4,7-8,13-15,17H2,1-2H3,(H,26,30).